The Bertz CT molecular complexity index is 250. The zero-order valence-corrected chi connectivity index (χ0v) is 9.87. The summed E-state index contributed by atoms with van der Waals surface area (Å²) in [5.41, 5.74) is 5.25. The molecule has 0 aliphatic carbocycles. The maximum absolute atomic E-state index is 11.8. The lowest BCUT2D eigenvalue weighted by molar-refractivity contribution is -0.133. The lowest BCUT2D eigenvalue weighted by atomic mass is 10.1. The zero-order chi connectivity index (χ0) is 12.0. The molecule has 1 aliphatic rings. The minimum atomic E-state index is -0.520. The van der Waals surface area contributed by atoms with E-state index in [0.29, 0.717) is 6.54 Å². The van der Waals surface area contributed by atoms with Crippen molar-refractivity contribution in [3.8, 4) is 0 Å². The summed E-state index contributed by atoms with van der Waals surface area (Å²) in [6.45, 7) is 4.35. The van der Waals surface area contributed by atoms with E-state index in [-0.39, 0.29) is 12.3 Å². The lowest BCUT2D eigenvalue weighted by Crippen LogP contribution is -2.45. The number of carbonyl (C=O) groups excluding carboxylic acids is 2. The van der Waals surface area contributed by atoms with E-state index in [2.05, 4.69) is 5.32 Å². The van der Waals surface area contributed by atoms with Crippen LogP contribution in [0.25, 0.3) is 0 Å². The summed E-state index contributed by atoms with van der Waals surface area (Å²) >= 11 is 0. The van der Waals surface area contributed by atoms with E-state index >= 15 is 0 Å². The molecule has 0 aromatic carbocycles. The summed E-state index contributed by atoms with van der Waals surface area (Å²) in [4.78, 5) is 24.8. The molecule has 5 heteroatoms. The minimum absolute atomic E-state index is 0.0323. The first-order valence-corrected chi connectivity index (χ1v) is 5.95. The molecule has 0 saturated carbocycles. The van der Waals surface area contributed by atoms with Crippen molar-refractivity contribution in [2.75, 3.05) is 19.6 Å². The molecule has 0 aromatic heterocycles. The van der Waals surface area contributed by atoms with Gasteiger partial charge in [0.25, 0.3) is 0 Å². The van der Waals surface area contributed by atoms with Crippen molar-refractivity contribution >= 4 is 11.8 Å². The van der Waals surface area contributed by atoms with Crippen LogP contribution in [0.1, 0.15) is 32.6 Å². The van der Waals surface area contributed by atoms with Crippen LogP contribution in [-0.4, -0.2) is 42.4 Å². The average Bonchev–Trinajstić information content (AvgIpc) is 2.76. The Hall–Kier alpha value is -1.10. The van der Waals surface area contributed by atoms with E-state index < -0.39 is 11.9 Å². The molecule has 16 heavy (non-hydrogen) atoms. The van der Waals surface area contributed by atoms with Gasteiger partial charge in [0, 0.05) is 13.1 Å². The quantitative estimate of drug-likeness (QED) is 0.662. The first-order valence-electron chi connectivity index (χ1n) is 5.95. The highest BCUT2D eigenvalue weighted by Gasteiger charge is 2.24. The fraction of sp³-hybridized carbons (Fsp3) is 0.818. The van der Waals surface area contributed by atoms with Gasteiger partial charge >= 0.3 is 0 Å². The Morgan fingerprint density at radius 2 is 2.00 bits per heavy atom. The van der Waals surface area contributed by atoms with Gasteiger partial charge in [0.05, 0.1) is 12.5 Å². The fourth-order valence-electron chi connectivity index (χ4n) is 1.86. The molecule has 1 rings (SSSR count). The van der Waals surface area contributed by atoms with Crippen LogP contribution in [0.15, 0.2) is 0 Å². The van der Waals surface area contributed by atoms with E-state index in [0.717, 1.165) is 32.4 Å². The van der Waals surface area contributed by atoms with Gasteiger partial charge in [0.15, 0.2) is 0 Å². The molecule has 1 atom stereocenters. The summed E-state index contributed by atoms with van der Waals surface area (Å²) in [7, 11) is 0. The number of rotatable bonds is 6. The topological polar surface area (TPSA) is 75.4 Å². The van der Waals surface area contributed by atoms with E-state index in [1.165, 1.54) is 0 Å². The lowest BCUT2D eigenvalue weighted by Gasteiger charge is -2.19. The zero-order valence-electron chi connectivity index (χ0n) is 9.87. The van der Waals surface area contributed by atoms with Crippen LogP contribution in [-0.2, 0) is 9.59 Å². The first kappa shape index (κ1) is 13.0. The number of primary amides is 1. The van der Waals surface area contributed by atoms with Crippen molar-refractivity contribution in [2.45, 2.75) is 38.6 Å². The highest BCUT2D eigenvalue weighted by Crippen LogP contribution is 2.09. The Morgan fingerprint density at radius 3 is 2.50 bits per heavy atom. The van der Waals surface area contributed by atoms with E-state index in [1.807, 2.05) is 11.8 Å². The van der Waals surface area contributed by atoms with Crippen molar-refractivity contribution in [1.29, 1.82) is 0 Å². The van der Waals surface area contributed by atoms with Gasteiger partial charge in [-0.15, -0.1) is 0 Å². The largest absolute Gasteiger partial charge is 0.368 e. The molecule has 0 radical (unpaired) electrons. The van der Waals surface area contributed by atoms with Gasteiger partial charge in [-0.25, -0.2) is 0 Å². The maximum atomic E-state index is 11.8. The number of carbonyl (C=O) groups is 2. The third kappa shape index (κ3) is 3.81. The summed E-state index contributed by atoms with van der Waals surface area (Å²) in [6.07, 6.45) is 3.24. The molecule has 1 aliphatic heterocycles. The molecule has 92 valence electrons. The predicted octanol–water partition coefficient (Wildman–Crippen LogP) is -0.148. The second kappa shape index (κ2) is 6.48. The second-order valence-corrected chi connectivity index (χ2v) is 4.20. The number of amides is 2. The molecule has 1 fully saturated rings. The summed E-state index contributed by atoms with van der Waals surface area (Å²) in [5, 5.41) is 3.00. The van der Waals surface area contributed by atoms with E-state index in [4.69, 9.17) is 5.73 Å². The number of hydrogen-bond acceptors (Lipinski definition) is 3. The summed E-state index contributed by atoms with van der Waals surface area (Å²) in [5.74, 6) is -0.411. The minimum Gasteiger partial charge on any atom is -0.368 e. The van der Waals surface area contributed by atoms with Crippen LogP contribution in [0.4, 0.5) is 0 Å². The normalized spacial score (nSPS) is 17.4. The van der Waals surface area contributed by atoms with Crippen LogP contribution in [0.5, 0.6) is 0 Å². The molecular formula is C11H21N3O2. The molecule has 2 amide bonds. The first-order chi connectivity index (χ1) is 7.65. The number of hydrogen-bond donors (Lipinski definition) is 2. The van der Waals surface area contributed by atoms with Crippen LogP contribution in [0.2, 0.25) is 0 Å². The highest BCUT2D eigenvalue weighted by molar-refractivity contribution is 5.87. The van der Waals surface area contributed by atoms with Crippen LogP contribution < -0.4 is 11.1 Å². The van der Waals surface area contributed by atoms with E-state index in [1.54, 1.807) is 0 Å². The smallest absolute Gasteiger partial charge is 0.235 e. The van der Waals surface area contributed by atoms with Gasteiger partial charge < -0.3 is 16.0 Å². The average molecular weight is 227 g/mol. The van der Waals surface area contributed by atoms with Crippen LogP contribution in [0.3, 0.4) is 0 Å². The SMILES string of the molecule is CCCNC(CC(=O)N1CCCC1)C(N)=O. The Balaban J connectivity index is 2.40. The van der Waals surface area contributed by atoms with Gasteiger partial charge in [0.1, 0.15) is 0 Å². The second-order valence-electron chi connectivity index (χ2n) is 4.20. The molecule has 1 unspecified atom stereocenters. The summed E-state index contributed by atoms with van der Waals surface area (Å²) < 4.78 is 0. The molecule has 1 heterocycles. The maximum Gasteiger partial charge on any atom is 0.235 e. The molecule has 0 spiro atoms. The fourth-order valence-corrected chi connectivity index (χ4v) is 1.86. The van der Waals surface area contributed by atoms with Gasteiger partial charge in [0.2, 0.25) is 11.8 Å². The van der Waals surface area contributed by atoms with Gasteiger partial charge in [-0.1, -0.05) is 6.92 Å². The van der Waals surface area contributed by atoms with Crippen LogP contribution in [0, 0.1) is 0 Å². The molecule has 5 nitrogen and oxygen atoms in total. The van der Waals surface area contributed by atoms with Crippen molar-refractivity contribution in [3.63, 3.8) is 0 Å². The number of nitrogens with one attached hydrogen (secondary N) is 1. The van der Waals surface area contributed by atoms with Crippen LogP contribution >= 0.6 is 0 Å². The predicted molar refractivity (Wildman–Crippen MR) is 61.7 cm³/mol. The van der Waals surface area contributed by atoms with Crippen molar-refractivity contribution in [2.24, 2.45) is 5.73 Å². The standard InChI is InChI=1S/C11H21N3O2/c1-2-5-13-9(11(12)16)8-10(15)14-6-3-4-7-14/h9,13H,2-8H2,1H3,(H2,12,16). The number of likely N-dealkylation sites (tertiary alicyclic amines) is 1. The van der Waals surface area contributed by atoms with Gasteiger partial charge in [-0.2, -0.15) is 0 Å². The summed E-state index contributed by atoms with van der Waals surface area (Å²) in [6, 6.07) is -0.520. The number of nitrogens with two attached hydrogens (primary N) is 1. The van der Waals surface area contributed by atoms with Gasteiger partial charge in [-0.3, -0.25) is 9.59 Å². The third-order valence-electron chi connectivity index (χ3n) is 2.82. The Labute approximate surface area is 96.4 Å². The molecule has 1 saturated heterocycles. The Kier molecular flexibility index (Phi) is 5.25. The van der Waals surface area contributed by atoms with E-state index in [9.17, 15) is 9.59 Å². The van der Waals surface area contributed by atoms with Crippen molar-refractivity contribution in [3.05, 3.63) is 0 Å². The number of nitrogens with zero attached hydrogens (tertiary/aromatic N) is 1. The molecular weight excluding hydrogens is 206 g/mol. The third-order valence-corrected chi connectivity index (χ3v) is 2.82. The molecule has 0 bridgehead atoms. The van der Waals surface area contributed by atoms with Crippen molar-refractivity contribution < 1.29 is 9.59 Å². The molecule has 3 N–H and O–H groups in total. The van der Waals surface area contributed by atoms with Crippen molar-refractivity contribution in [1.82, 2.24) is 10.2 Å². The monoisotopic (exact) mass is 227 g/mol. The Morgan fingerprint density at radius 1 is 1.38 bits per heavy atom. The molecule has 0 aromatic rings. The van der Waals surface area contributed by atoms with Gasteiger partial charge in [-0.05, 0) is 25.8 Å². The highest BCUT2D eigenvalue weighted by atomic mass is 16.2.